The molecule has 0 aliphatic carbocycles. The second kappa shape index (κ2) is 15.0. The fraction of sp³-hybridized carbons (Fsp3) is 0.688. The molecule has 0 aliphatic rings. The summed E-state index contributed by atoms with van der Waals surface area (Å²) in [6, 6.07) is 0. The Bertz CT molecular complexity index is 365. The Balaban J connectivity index is 3.45. The molecule has 0 aromatic heterocycles. The van der Waals surface area contributed by atoms with Gasteiger partial charge in [-0.2, -0.15) is 0 Å². The minimum atomic E-state index is -0.979. The van der Waals surface area contributed by atoms with Gasteiger partial charge in [-0.1, -0.05) is 6.58 Å². The first-order chi connectivity index (χ1) is 11.1. The molecule has 0 fully saturated rings. The Morgan fingerprint density at radius 2 is 1.26 bits per heavy atom. The van der Waals surface area contributed by atoms with Gasteiger partial charge in [0.25, 0.3) is 0 Å². The van der Waals surface area contributed by atoms with Crippen LogP contribution in [0.15, 0.2) is 12.7 Å². The zero-order chi connectivity index (χ0) is 17.3. The van der Waals surface area contributed by atoms with Crippen LogP contribution in [0.4, 0.5) is 0 Å². The van der Waals surface area contributed by atoms with Crippen molar-refractivity contribution in [2.45, 2.75) is 39.0 Å². The van der Waals surface area contributed by atoms with Crippen molar-refractivity contribution in [3.05, 3.63) is 12.7 Å². The van der Waals surface area contributed by atoms with E-state index in [9.17, 15) is 14.4 Å². The SMILES string of the molecule is C=CC(=O)OCCCCCOC(=O)C(=O)OCCCCOCC. The predicted octanol–water partition coefficient (Wildman–Crippen LogP) is 1.79. The lowest BCUT2D eigenvalue weighted by Gasteiger charge is -2.06. The van der Waals surface area contributed by atoms with Crippen molar-refractivity contribution in [3.8, 4) is 0 Å². The molecule has 0 rings (SSSR count). The maximum absolute atomic E-state index is 11.3. The Kier molecular flexibility index (Phi) is 13.8. The van der Waals surface area contributed by atoms with Gasteiger partial charge in [-0.15, -0.1) is 0 Å². The van der Waals surface area contributed by atoms with Gasteiger partial charge in [-0.25, -0.2) is 14.4 Å². The summed E-state index contributed by atoms with van der Waals surface area (Å²) in [5, 5.41) is 0. The fourth-order valence-corrected chi connectivity index (χ4v) is 1.51. The van der Waals surface area contributed by atoms with Crippen LogP contribution < -0.4 is 0 Å². The summed E-state index contributed by atoms with van der Waals surface area (Å²) in [6.07, 6.45) is 4.46. The average molecular weight is 330 g/mol. The van der Waals surface area contributed by atoms with Gasteiger partial charge in [0.1, 0.15) is 0 Å². The van der Waals surface area contributed by atoms with E-state index in [0.717, 1.165) is 12.5 Å². The van der Waals surface area contributed by atoms with Gasteiger partial charge < -0.3 is 18.9 Å². The van der Waals surface area contributed by atoms with Crippen molar-refractivity contribution < 1.29 is 33.3 Å². The molecule has 0 amide bonds. The van der Waals surface area contributed by atoms with Gasteiger partial charge >= 0.3 is 17.9 Å². The highest BCUT2D eigenvalue weighted by atomic mass is 16.6. The standard InChI is InChI=1S/C16H26O7/c1-3-14(17)21-11-6-5-7-12-22-15(18)16(19)23-13-9-8-10-20-4-2/h3H,1,4-13H2,2H3. The summed E-state index contributed by atoms with van der Waals surface area (Å²) in [5.74, 6) is -2.41. The van der Waals surface area contributed by atoms with Gasteiger partial charge in [0.15, 0.2) is 0 Å². The molecule has 7 nitrogen and oxygen atoms in total. The van der Waals surface area contributed by atoms with Gasteiger partial charge in [0, 0.05) is 19.3 Å². The van der Waals surface area contributed by atoms with Gasteiger partial charge in [-0.3, -0.25) is 0 Å². The molecular weight excluding hydrogens is 304 g/mol. The number of esters is 3. The number of hydrogen-bond donors (Lipinski definition) is 0. The molecule has 0 saturated carbocycles. The molecule has 0 saturated heterocycles. The van der Waals surface area contributed by atoms with E-state index >= 15 is 0 Å². The van der Waals surface area contributed by atoms with Crippen molar-refractivity contribution in [2.24, 2.45) is 0 Å². The molecule has 0 aromatic carbocycles. The highest BCUT2D eigenvalue weighted by Crippen LogP contribution is 1.99. The van der Waals surface area contributed by atoms with Crippen molar-refractivity contribution >= 4 is 17.9 Å². The smallest absolute Gasteiger partial charge is 0.417 e. The Hall–Kier alpha value is -1.89. The molecule has 0 heterocycles. The number of unbranched alkanes of at least 4 members (excludes halogenated alkanes) is 3. The second-order valence-electron chi connectivity index (χ2n) is 4.61. The summed E-state index contributed by atoms with van der Waals surface area (Å²) in [7, 11) is 0. The molecule has 7 heteroatoms. The van der Waals surface area contributed by atoms with Crippen LogP contribution in [0.3, 0.4) is 0 Å². The minimum absolute atomic E-state index is 0.133. The highest BCUT2D eigenvalue weighted by molar-refractivity contribution is 6.29. The highest BCUT2D eigenvalue weighted by Gasteiger charge is 2.16. The van der Waals surface area contributed by atoms with Crippen LogP contribution in [0.1, 0.15) is 39.0 Å². The van der Waals surface area contributed by atoms with Crippen LogP contribution in [0.2, 0.25) is 0 Å². The molecule has 0 radical (unpaired) electrons. The Morgan fingerprint density at radius 3 is 1.78 bits per heavy atom. The third kappa shape index (κ3) is 13.5. The number of carbonyl (C=O) groups is 3. The van der Waals surface area contributed by atoms with E-state index in [1.165, 1.54) is 0 Å². The summed E-state index contributed by atoms with van der Waals surface area (Å²) >= 11 is 0. The molecule has 0 aliphatic heterocycles. The van der Waals surface area contributed by atoms with E-state index in [-0.39, 0.29) is 13.2 Å². The molecule has 0 aromatic rings. The molecule has 23 heavy (non-hydrogen) atoms. The number of rotatable bonds is 13. The molecule has 0 atom stereocenters. The van der Waals surface area contributed by atoms with Crippen LogP contribution in [0, 0.1) is 0 Å². The Labute approximate surface area is 136 Å². The maximum Gasteiger partial charge on any atom is 0.417 e. The van der Waals surface area contributed by atoms with Crippen LogP contribution in [0.25, 0.3) is 0 Å². The molecular formula is C16H26O7. The van der Waals surface area contributed by atoms with E-state index in [2.05, 4.69) is 6.58 Å². The summed E-state index contributed by atoms with van der Waals surface area (Å²) in [5.41, 5.74) is 0. The van der Waals surface area contributed by atoms with Gasteiger partial charge in [0.05, 0.1) is 19.8 Å². The molecule has 0 N–H and O–H groups in total. The third-order valence-electron chi connectivity index (χ3n) is 2.72. The largest absolute Gasteiger partial charge is 0.463 e. The van der Waals surface area contributed by atoms with Crippen molar-refractivity contribution in [2.75, 3.05) is 33.0 Å². The summed E-state index contributed by atoms with van der Waals surface area (Å²) in [6.45, 7) is 7.06. The number of ether oxygens (including phenoxy) is 4. The topological polar surface area (TPSA) is 88.1 Å². The number of hydrogen-bond acceptors (Lipinski definition) is 7. The zero-order valence-electron chi connectivity index (χ0n) is 13.7. The third-order valence-corrected chi connectivity index (χ3v) is 2.72. The van der Waals surface area contributed by atoms with Gasteiger partial charge in [-0.05, 0) is 39.0 Å². The first-order valence-electron chi connectivity index (χ1n) is 7.82. The van der Waals surface area contributed by atoms with E-state index in [4.69, 9.17) is 18.9 Å². The first kappa shape index (κ1) is 21.1. The first-order valence-corrected chi connectivity index (χ1v) is 7.82. The van der Waals surface area contributed by atoms with Crippen LogP contribution in [0.5, 0.6) is 0 Å². The van der Waals surface area contributed by atoms with Gasteiger partial charge in [0.2, 0.25) is 0 Å². The molecule has 0 unspecified atom stereocenters. The fourth-order valence-electron chi connectivity index (χ4n) is 1.51. The minimum Gasteiger partial charge on any atom is -0.463 e. The van der Waals surface area contributed by atoms with Crippen molar-refractivity contribution in [3.63, 3.8) is 0 Å². The van der Waals surface area contributed by atoms with E-state index in [0.29, 0.717) is 45.5 Å². The van der Waals surface area contributed by atoms with E-state index in [1.54, 1.807) is 0 Å². The lowest BCUT2D eigenvalue weighted by Crippen LogP contribution is -2.21. The predicted molar refractivity (Wildman–Crippen MR) is 82.7 cm³/mol. The average Bonchev–Trinajstić information content (AvgIpc) is 2.56. The van der Waals surface area contributed by atoms with E-state index < -0.39 is 17.9 Å². The second-order valence-corrected chi connectivity index (χ2v) is 4.61. The molecule has 0 bridgehead atoms. The summed E-state index contributed by atoms with van der Waals surface area (Å²) < 4.78 is 19.5. The lowest BCUT2D eigenvalue weighted by atomic mass is 10.2. The monoisotopic (exact) mass is 330 g/mol. The molecule has 0 spiro atoms. The van der Waals surface area contributed by atoms with Crippen molar-refractivity contribution in [1.82, 2.24) is 0 Å². The molecule has 132 valence electrons. The lowest BCUT2D eigenvalue weighted by molar-refractivity contribution is -0.167. The van der Waals surface area contributed by atoms with Crippen LogP contribution in [-0.4, -0.2) is 50.9 Å². The van der Waals surface area contributed by atoms with E-state index in [1.807, 2.05) is 6.92 Å². The summed E-state index contributed by atoms with van der Waals surface area (Å²) in [4.78, 5) is 33.4. The Morgan fingerprint density at radius 1 is 0.783 bits per heavy atom. The number of carbonyl (C=O) groups excluding carboxylic acids is 3. The van der Waals surface area contributed by atoms with Crippen LogP contribution >= 0.6 is 0 Å². The quantitative estimate of drug-likeness (QED) is 0.167. The maximum atomic E-state index is 11.3. The van der Waals surface area contributed by atoms with Crippen molar-refractivity contribution in [1.29, 1.82) is 0 Å². The normalized spacial score (nSPS) is 9.96. The zero-order valence-corrected chi connectivity index (χ0v) is 13.7. The van der Waals surface area contributed by atoms with Crippen LogP contribution in [-0.2, 0) is 33.3 Å².